The average Bonchev–Trinajstić information content (AvgIpc) is 1.81. The normalized spacial score (nSPS) is 10.5. The Morgan fingerprint density at radius 1 is 1.09 bits per heavy atom. The zero-order valence-electron chi connectivity index (χ0n) is 7.70. The molecule has 0 radical (unpaired) electrons. The third-order valence-electron chi connectivity index (χ3n) is 1.67. The second-order valence-corrected chi connectivity index (χ2v) is 3.39. The van der Waals surface area contributed by atoms with Crippen LogP contribution in [0.5, 0.6) is 0 Å². The van der Waals surface area contributed by atoms with Crippen LogP contribution in [0.3, 0.4) is 0 Å². The highest BCUT2D eigenvalue weighted by Gasteiger charge is 2.11. The van der Waals surface area contributed by atoms with E-state index >= 15 is 0 Å². The van der Waals surface area contributed by atoms with Crippen molar-refractivity contribution in [1.29, 1.82) is 0 Å². The zero-order valence-corrected chi connectivity index (χ0v) is 7.70. The molecule has 64 valence electrons. The Morgan fingerprint density at radius 3 is 1.55 bits per heavy atom. The molecule has 0 aromatic heterocycles. The van der Waals surface area contributed by atoms with Gasteiger partial charge in [0.15, 0.2) is 0 Å². The van der Waals surface area contributed by atoms with Crippen LogP contribution < -0.4 is 0 Å². The first-order valence-corrected chi connectivity index (χ1v) is 4.03. The molecule has 0 aliphatic heterocycles. The van der Waals surface area contributed by atoms with E-state index in [1.165, 1.54) is 5.98 Å². The quantitative estimate of drug-likeness (QED) is 0.603. The maximum Gasteiger partial charge on any atom is 0.480 e. The standard InChI is InChI=1S/C8H17BO2/c1-6(2)8(7(3)4)5-9(10)11/h5-7,10-11H,1-4H3. The van der Waals surface area contributed by atoms with Gasteiger partial charge in [-0.2, -0.15) is 0 Å². The molecule has 3 heteroatoms. The third-order valence-corrected chi connectivity index (χ3v) is 1.67. The van der Waals surface area contributed by atoms with Gasteiger partial charge in [0.2, 0.25) is 0 Å². The molecule has 0 spiro atoms. The minimum atomic E-state index is -1.31. The highest BCUT2D eigenvalue weighted by molar-refractivity contribution is 6.47. The van der Waals surface area contributed by atoms with Gasteiger partial charge in [-0.3, -0.25) is 0 Å². The van der Waals surface area contributed by atoms with E-state index in [2.05, 4.69) is 0 Å². The Morgan fingerprint density at radius 2 is 1.45 bits per heavy atom. The molecule has 0 aromatic carbocycles. The maximum absolute atomic E-state index is 8.70. The van der Waals surface area contributed by atoms with Crippen LogP contribution in [0.4, 0.5) is 0 Å². The zero-order chi connectivity index (χ0) is 9.02. The van der Waals surface area contributed by atoms with Gasteiger partial charge in [0.05, 0.1) is 0 Å². The molecule has 0 heterocycles. The first-order chi connectivity index (χ1) is 4.95. The average molecular weight is 156 g/mol. The van der Waals surface area contributed by atoms with Gasteiger partial charge in [0.25, 0.3) is 0 Å². The highest BCUT2D eigenvalue weighted by atomic mass is 16.4. The lowest BCUT2D eigenvalue weighted by Crippen LogP contribution is -2.12. The van der Waals surface area contributed by atoms with Crippen molar-refractivity contribution in [2.24, 2.45) is 11.8 Å². The molecule has 0 unspecified atom stereocenters. The molecule has 2 N–H and O–H groups in total. The Bertz CT molecular complexity index is 129. The number of rotatable bonds is 3. The van der Waals surface area contributed by atoms with Crippen LogP contribution in [0.2, 0.25) is 0 Å². The summed E-state index contributed by atoms with van der Waals surface area (Å²) in [5, 5.41) is 17.4. The van der Waals surface area contributed by atoms with Gasteiger partial charge in [-0.05, 0) is 11.8 Å². The van der Waals surface area contributed by atoms with Crippen molar-refractivity contribution in [2.75, 3.05) is 0 Å². The Kier molecular flexibility index (Phi) is 4.46. The van der Waals surface area contributed by atoms with Crippen LogP contribution in [-0.4, -0.2) is 17.2 Å². The molecule has 0 rings (SSSR count). The fraction of sp³-hybridized carbons (Fsp3) is 0.750. The van der Waals surface area contributed by atoms with Crippen molar-refractivity contribution in [3.05, 3.63) is 11.5 Å². The van der Waals surface area contributed by atoms with E-state index in [4.69, 9.17) is 10.0 Å². The van der Waals surface area contributed by atoms with Gasteiger partial charge in [0.1, 0.15) is 0 Å². The van der Waals surface area contributed by atoms with Crippen molar-refractivity contribution in [3.63, 3.8) is 0 Å². The smallest absolute Gasteiger partial charge is 0.424 e. The molecule has 0 aliphatic carbocycles. The molecule has 0 amide bonds. The lowest BCUT2D eigenvalue weighted by molar-refractivity contribution is 0.422. The first-order valence-electron chi connectivity index (χ1n) is 4.03. The minimum absolute atomic E-state index is 0.386. The van der Waals surface area contributed by atoms with Gasteiger partial charge in [-0.15, -0.1) is 0 Å². The number of hydrogen-bond acceptors (Lipinski definition) is 2. The fourth-order valence-corrected chi connectivity index (χ4v) is 1.22. The summed E-state index contributed by atoms with van der Waals surface area (Å²) in [5.74, 6) is 2.28. The predicted octanol–water partition coefficient (Wildman–Crippen LogP) is 1.24. The first kappa shape index (κ1) is 10.7. The predicted molar refractivity (Wildman–Crippen MR) is 48.0 cm³/mol. The van der Waals surface area contributed by atoms with E-state index in [0.29, 0.717) is 11.8 Å². The Labute approximate surface area is 69.1 Å². The Balaban J connectivity index is 4.33. The monoisotopic (exact) mass is 156 g/mol. The van der Waals surface area contributed by atoms with Crippen LogP contribution >= 0.6 is 0 Å². The van der Waals surface area contributed by atoms with Gasteiger partial charge >= 0.3 is 7.12 Å². The molecule has 0 fully saturated rings. The second kappa shape index (κ2) is 4.57. The molecule has 2 nitrogen and oxygen atoms in total. The molecule has 0 aliphatic rings. The van der Waals surface area contributed by atoms with Gasteiger partial charge in [0, 0.05) is 0 Å². The van der Waals surface area contributed by atoms with Crippen LogP contribution in [-0.2, 0) is 0 Å². The summed E-state index contributed by atoms with van der Waals surface area (Å²) in [6, 6.07) is 0. The second-order valence-electron chi connectivity index (χ2n) is 3.39. The summed E-state index contributed by atoms with van der Waals surface area (Å²) in [6.45, 7) is 8.20. The van der Waals surface area contributed by atoms with Crippen molar-refractivity contribution < 1.29 is 10.0 Å². The molecule has 0 saturated carbocycles. The summed E-state index contributed by atoms with van der Waals surface area (Å²) in [4.78, 5) is 0. The molecule has 0 bridgehead atoms. The molecule has 0 saturated heterocycles. The Hall–Kier alpha value is -0.275. The minimum Gasteiger partial charge on any atom is -0.424 e. The maximum atomic E-state index is 8.70. The van der Waals surface area contributed by atoms with E-state index in [1.54, 1.807) is 0 Å². The van der Waals surface area contributed by atoms with E-state index in [1.807, 2.05) is 27.7 Å². The van der Waals surface area contributed by atoms with Gasteiger partial charge in [-0.25, -0.2) is 0 Å². The van der Waals surface area contributed by atoms with Crippen LogP contribution in [0.15, 0.2) is 11.5 Å². The summed E-state index contributed by atoms with van der Waals surface area (Å²) >= 11 is 0. The van der Waals surface area contributed by atoms with Gasteiger partial charge in [-0.1, -0.05) is 39.2 Å². The fourth-order valence-electron chi connectivity index (χ4n) is 1.22. The van der Waals surface area contributed by atoms with Crippen molar-refractivity contribution in [3.8, 4) is 0 Å². The largest absolute Gasteiger partial charge is 0.480 e. The highest BCUT2D eigenvalue weighted by Crippen LogP contribution is 2.18. The lowest BCUT2D eigenvalue weighted by Gasteiger charge is -2.15. The molecular formula is C8H17BO2. The van der Waals surface area contributed by atoms with Crippen LogP contribution in [0, 0.1) is 11.8 Å². The van der Waals surface area contributed by atoms with E-state index < -0.39 is 7.12 Å². The van der Waals surface area contributed by atoms with E-state index in [0.717, 1.165) is 5.57 Å². The SMILES string of the molecule is CC(C)C(=CB(O)O)C(C)C. The topological polar surface area (TPSA) is 40.5 Å². The summed E-state index contributed by atoms with van der Waals surface area (Å²) < 4.78 is 0. The number of allylic oxidation sites excluding steroid dienone is 1. The molecule has 11 heavy (non-hydrogen) atoms. The van der Waals surface area contributed by atoms with Gasteiger partial charge < -0.3 is 10.0 Å². The molecule has 0 atom stereocenters. The number of hydrogen-bond donors (Lipinski definition) is 2. The summed E-state index contributed by atoms with van der Waals surface area (Å²) in [5.41, 5.74) is 1.10. The van der Waals surface area contributed by atoms with Crippen molar-refractivity contribution >= 4 is 7.12 Å². The van der Waals surface area contributed by atoms with Crippen molar-refractivity contribution in [2.45, 2.75) is 27.7 Å². The molecule has 0 aromatic rings. The van der Waals surface area contributed by atoms with E-state index in [9.17, 15) is 0 Å². The third kappa shape index (κ3) is 4.22. The summed E-state index contributed by atoms with van der Waals surface area (Å²) in [6.07, 6.45) is 0. The summed E-state index contributed by atoms with van der Waals surface area (Å²) in [7, 11) is -1.31. The van der Waals surface area contributed by atoms with E-state index in [-0.39, 0.29) is 0 Å². The van der Waals surface area contributed by atoms with Crippen LogP contribution in [0.1, 0.15) is 27.7 Å². The molecular weight excluding hydrogens is 139 g/mol. The van der Waals surface area contributed by atoms with Crippen LogP contribution in [0.25, 0.3) is 0 Å². The van der Waals surface area contributed by atoms with Crippen molar-refractivity contribution in [1.82, 2.24) is 0 Å². The lowest BCUT2D eigenvalue weighted by atomic mass is 9.81.